The monoisotopic (exact) mass is 382 g/mol. The third-order valence-corrected chi connectivity index (χ3v) is 5.17. The highest BCUT2D eigenvalue weighted by Crippen LogP contribution is 2.54. The van der Waals surface area contributed by atoms with Gasteiger partial charge >= 0.3 is 0 Å². The van der Waals surface area contributed by atoms with Crippen LogP contribution in [0.3, 0.4) is 0 Å². The summed E-state index contributed by atoms with van der Waals surface area (Å²) < 4.78 is 5.54. The Labute approximate surface area is 165 Å². The number of aliphatic hydroxyl groups excluding tert-OH is 1. The van der Waals surface area contributed by atoms with Gasteiger partial charge < -0.3 is 20.1 Å². The van der Waals surface area contributed by atoms with E-state index in [9.17, 15) is 14.7 Å². The minimum atomic E-state index is -0.613. The average molecular weight is 382 g/mol. The van der Waals surface area contributed by atoms with Crippen LogP contribution in [-0.2, 0) is 4.79 Å². The standard InChI is InChI=1S/C22H26N2O4/c1-24(2)19(25)14-28-18-11-7-6-10-17(18)21(27)23-15-22(12-13-22)20(26)16-8-4-3-5-9-16/h3-11,20,26H,12-15H2,1-2H3,(H,23,27)/t20-/m1/s1. The van der Waals surface area contributed by atoms with Crippen molar-refractivity contribution in [2.24, 2.45) is 5.41 Å². The summed E-state index contributed by atoms with van der Waals surface area (Å²) in [6.45, 7) is 0.251. The molecule has 0 unspecified atom stereocenters. The van der Waals surface area contributed by atoms with Gasteiger partial charge in [0.25, 0.3) is 11.8 Å². The number of rotatable bonds is 8. The first-order chi connectivity index (χ1) is 13.4. The molecule has 0 bridgehead atoms. The Morgan fingerprint density at radius 1 is 1.11 bits per heavy atom. The third-order valence-electron chi connectivity index (χ3n) is 5.17. The van der Waals surface area contributed by atoms with Crippen LogP contribution in [0.1, 0.15) is 34.9 Å². The molecular weight excluding hydrogens is 356 g/mol. The van der Waals surface area contributed by atoms with E-state index >= 15 is 0 Å². The maximum absolute atomic E-state index is 12.7. The average Bonchev–Trinajstić information content (AvgIpc) is 3.51. The quantitative estimate of drug-likeness (QED) is 0.735. The SMILES string of the molecule is CN(C)C(=O)COc1ccccc1C(=O)NCC1([C@H](O)c2ccccc2)CC1. The van der Waals surface area contributed by atoms with Crippen molar-refractivity contribution in [2.75, 3.05) is 27.2 Å². The van der Waals surface area contributed by atoms with E-state index in [1.807, 2.05) is 30.3 Å². The number of aliphatic hydroxyl groups is 1. The van der Waals surface area contributed by atoms with Crippen LogP contribution in [0.4, 0.5) is 0 Å². The highest BCUT2D eigenvalue weighted by molar-refractivity contribution is 5.97. The molecule has 0 saturated heterocycles. The number of hydrogen-bond acceptors (Lipinski definition) is 4. The van der Waals surface area contributed by atoms with Crippen molar-refractivity contribution in [2.45, 2.75) is 18.9 Å². The van der Waals surface area contributed by atoms with Gasteiger partial charge in [-0.05, 0) is 30.5 Å². The number of amides is 2. The van der Waals surface area contributed by atoms with Crippen LogP contribution >= 0.6 is 0 Å². The smallest absolute Gasteiger partial charge is 0.259 e. The maximum atomic E-state index is 12.7. The summed E-state index contributed by atoms with van der Waals surface area (Å²) >= 11 is 0. The lowest BCUT2D eigenvalue weighted by Crippen LogP contribution is -2.34. The van der Waals surface area contributed by atoms with Gasteiger partial charge in [0.1, 0.15) is 5.75 Å². The molecule has 6 heteroatoms. The molecule has 2 N–H and O–H groups in total. The molecular formula is C22H26N2O4. The molecule has 1 atom stereocenters. The number of nitrogens with zero attached hydrogens (tertiary/aromatic N) is 1. The molecule has 0 heterocycles. The third kappa shape index (κ3) is 4.51. The minimum absolute atomic E-state index is 0.131. The number of para-hydroxylation sites is 1. The van der Waals surface area contributed by atoms with E-state index in [0.29, 0.717) is 17.9 Å². The molecule has 2 aromatic carbocycles. The van der Waals surface area contributed by atoms with Crippen LogP contribution in [0.15, 0.2) is 54.6 Å². The number of carbonyl (C=O) groups is 2. The molecule has 0 aromatic heterocycles. The molecule has 1 aliphatic carbocycles. The number of benzene rings is 2. The predicted molar refractivity (Wildman–Crippen MR) is 106 cm³/mol. The van der Waals surface area contributed by atoms with E-state index in [4.69, 9.17) is 4.74 Å². The molecule has 1 aliphatic rings. The number of nitrogens with one attached hydrogen (secondary N) is 1. The van der Waals surface area contributed by atoms with Crippen molar-refractivity contribution in [1.29, 1.82) is 0 Å². The largest absolute Gasteiger partial charge is 0.483 e. The van der Waals surface area contributed by atoms with E-state index in [0.717, 1.165) is 18.4 Å². The van der Waals surface area contributed by atoms with Crippen LogP contribution in [0.5, 0.6) is 5.75 Å². The fraction of sp³-hybridized carbons (Fsp3) is 0.364. The summed E-state index contributed by atoms with van der Waals surface area (Å²) in [4.78, 5) is 25.9. The summed E-state index contributed by atoms with van der Waals surface area (Å²) in [5.74, 6) is -0.0961. The van der Waals surface area contributed by atoms with Gasteiger partial charge in [-0.3, -0.25) is 9.59 Å². The summed E-state index contributed by atoms with van der Waals surface area (Å²) in [5.41, 5.74) is 0.910. The molecule has 1 fully saturated rings. The Morgan fingerprint density at radius 2 is 1.75 bits per heavy atom. The van der Waals surface area contributed by atoms with E-state index in [1.165, 1.54) is 4.90 Å². The Morgan fingerprint density at radius 3 is 2.39 bits per heavy atom. The Balaban J connectivity index is 1.63. The van der Waals surface area contributed by atoms with Crippen molar-refractivity contribution in [3.63, 3.8) is 0 Å². The normalized spacial score (nSPS) is 15.4. The summed E-state index contributed by atoms with van der Waals surface area (Å²) in [6, 6.07) is 16.4. The molecule has 0 spiro atoms. The molecule has 0 radical (unpaired) electrons. The molecule has 3 rings (SSSR count). The van der Waals surface area contributed by atoms with Gasteiger partial charge in [0.15, 0.2) is 6.61 Å². The van der Waals surface area contributed by atoms with E-state index in [2.05, 4.69) is 5.32 Å². The van der Waals surface area contributed by atoms with Gasteiger partial charge in [-0.25, -0.2) is 0 Å². The first kappa shape index (κ1) is 19.9. The lowest BCUT2D eigenvalue weighted by atomic mass is 9.92. The van der Waals surface area contributed by atoms with Gasteiger partial charge in [0.05, 0.1) is 11.7 Å². The van der Waals surface area contributed by atoms with E-state index < -0.39 is 6.10 Å². The number of likely N-dealkylation sites (N-methyl/N-ethyl adjacent to an activating group) is 1. The highest BCUT2D eigenvalue weighted by atomic mass is 16.5. The van der Waals surface area contributed by atoms with E-state index in [1.54, 1.807) is 38.4 Å². The zero-order valence-corrected chi connectivity index (χ0v) is 16.2. The van der Waals surface area contributed by atoms with Crippen LogP contribution in [0, 0.1) is 5.41 Å². The Hall–Kier alpha value is -2.86. The lowest BCUT2D eigenvalue weighted by molar-refractivity contribution is -0.130. The zero-order chi connectivity index (χ0) is 20.1. The first-order valence-corrected chi connectivity index (χ1v) is 9.36. The molecule has 28 heavy (non-hydrogen) atoms. The first-order valence-electron chi connectivity index (χ1n) is 9.36. The molecule has 0 aliphatic heterocycles. The molecule has 1 saturated carbocycles. The van der Waals surface area contributed by atoms with Gasteiger partial charge in [-0.15, -0.1) is 0 Å². The predicted octanol–water partition coefficient (Wildman–Crippen LogP) is 2.40. The van der Waals surface area contributed by atoms with Crippen molar-refractivity contribution < 1.29 is 19.4 Å². The Kier molecular flexibility index (Phi) is 5.99. The van der Waals surface area contributed by atoms with Crippen molar-refractivity contribution in [1.82, 2.24) is 10.2 Å². The molecule has 6 nitrogen and oxygen atoms in total. The fourth-order valence-electron chi connectivity index (χ4n) is 3.10. The van der Waals surface area contributed by atoms with Crippen LogP contribution in [-0.4, -0.2) is 49.1 Å². The number of ether oxygens (including phenoxy) is 1. The minimum Gasteiger partial charge on any atom is -0.483 e. The second-order valence-electron chi connectivity index (χ2n) is 7.43. The summed E-state index contributed by atoms with van der Waals surface area (Å²) in [6.07, 6.45) is 1.11. The van der Waals surface area contributed by atoms with Gasteiger partial charge in [-0.1, -0.05) is 42.5 Å². The van der Waals surface area contributed by atoms with Crippen LogP contribution in [0.2, 0.25) is 0 Å². The fourth-order valence-corrected chi connectivity index (χ4v) is 3.10. The maximum Gasteiger partial charge on any atom is 0.259 e. The number of carbonyl (C=O) groups excluding carboxylic acids is 2. The van der Waals surface area contributed by atoms with Crippen molar-refractivity contribution in [3.8, 4) is 5.75 Å². The molecule has 148 valence electrons. The molecule has 2 amide bonds. The topological polar surface area (TPSA) is 78.9 Å². The highest BCUT2D eigenvalue weighted by Gasteiger charge is 2.49. The Bertz CT molecular complexity index is 831. The number of hydrogen-bond donors (Lipinski definition) is 2. The van der Waals surface area contributed by atoms with E-state index in [-0.39, 0.29) is 23.8 Å². The van der Waals surface area contributed by atoms with Crippen LogP contribution < -0.4 is 10.1 Å². The van der Waals surface area contributed by atoms with Gasteiger partial charge in [0.2, 0.25) is 0 Å². The van der Waals surface area contributed by atoms with Crippen LogP contribution in [0.25, 0.3) is 0 Å². The van der Waals surface area contributed by atoms with Crippen molar-refractivity contribution >= 4 is 11.8 Å². The van der Waals surface area contributed by atoms with Crippen molar-refractivity contribution in [3.05, 3.63) is 65.7 Å². The summed E-state index contributed by atoms with van der Waals surface area (Å²) in [7, 11) is 3.30. The summed E-state index contributed by atoms with van der Waals surface area (Å²) in [5, 5.41) is 13.7. The van der Waals surface area contributed by atoms with Gasteiger partial charge in [-0.2, -0.15) is 0 Å². The van der Waals surface area contributed by atoms with Gasteiger partial charge in [0, 0.05) is 26.1 Å². The second kappa shape index (κ2) is 8.44. The lowest BCUT2D eigenvalue weighted by Gasteiger charge is -2.23. The second-order valence-corrected chi connectivity index (χ2v) is 7.43. The zero-order valence-electron chi connectivity index (χ0n) is 16.2. The molecule has 2 aromatic rings.